The van der Waals surface area contributed by atoms with Crippen molar-refractivity contribution in [2.45, 2.75) is 9.79 Å². The molecule has 0 radical (unpaired) electrons. The fourth-order valence-electron chi connectivity index (χ4n) is 1.91. The Hall–Kier alpha value is -1.27. The number of hydrogen-bond donors (Lipinski definition) is 3. The van der Waals surface area contributed by atoms with Gasteiger partial charge in [0, 0.05) is 21.4 Å². The molecule has 0 aliphatic heterocycles. The lowest BCUT2D eigenvalue weighted by Crippen LogP contribution is -1.88. The van der Waals surface area contributed by atoms with Gasteiger partial charge in [-0.05, 0) is 54.2 Å². The van der Waals surface area contributed by atoms with Gasteiger partial charge in [0.1, 0.15) is 0 Å². The van der Waals surface area contributed by atoms with Crippen LogP contribution in [-0.4, -0.2) is 4.98 Å². The van der Waals surface area contributed by atoms with Crippen LogP contribution >= 0.6 is 35.5 Å². The van der Waals surface area contributed by atoms with E-state index in [9.17, 15) is 0 Å². The lowest BCUT2D eigenvalue weighted by atomic mass is 10.2. The second-order valence-corrected chi connectivity index (χ2v) is 6.15. The summed E-state index contributed by atoms with van der Waals surface area (Å²) in [6, 6.07) is 14.1. The van der Waals surface area contributed by atoms with Crippen molar-refractivity contribution in [3.8, 4) is 0 Å². The van der Waals surface area contributed by atoms with Crippen molar-refractivity contribution >= 4 is 52.1 Å². The second kappa shape index (κ2) is 6.01. The molecule has 4 N–H and O–H groups in total. The minimum atomic E-state index is 0.734. The number of nitrogens with two attached hydrogens (primary N) is 1. The molecule has 0 bridgehead atoms. The Labute approximate surface area is 130 Å². The predicted octanol–water partition coefficient (Wildman–Crippen LogP) is 4.91. The number of halogens is 1. The Morgan fingerprint density at radius 1 is 1.05 bits per heavy atom. The van der Waals surface area contributed by atoms with Crippen molar-refractivity contribution < 1.29 is 0 Å². The van der Waals surface area contributed by atoms with Crippen LogP contribution in [0.2, 0.25) is 5.02 Å². The molecular weight excluding hydrogens is 310 g/mol. The summed E-state index contributed by atoms with van der Waals surface area (Å²) < 4.78 is 3.34. The second-order valence-electron chi connectivity index (χ2n) is 4.16. The number of para-hydroxylation sites is 1. The fraction of sp³-hybridized carbons (Fsp3) is 0. The maximum atomic E-state index is 6.12. The van der Waals surface area contributed by atoms with Crippen LogP contribution < -0.4 is 9.86 Å². The van der Waals surface area contributed by atoms with Gasteiger partial charge in [0.2, 0.25) is 0 Å². The van der Waals surface area contributed by atoms with Crippen LogP contribution in [0.4, 0.5) is 5.69 Å². The predicted molar refractivity (Wildman–Crippen MR) is 89.3 cm³/mol. The first-order chi connectivity index (χ1) is 9.78. The zero-order valence-corrected chi connectivity index (χ0v) is 12.8. The number of hydrogen-bond acceptors (Lipinski definition) is 4. The molecule has 3 nitrogen and oxygen atoms in total. The van der Waals surface area contributed by atoms with Crippen LogP contribution in [0.25, 0.3) is 10.9 Å². The van der Waals surface area contributed by atoms with Gasteiger partial charge in [-0.1, -0.05) is 23.7 Å². The highest BCUT2D eigenvalue weighted by Gasteiger charge is 2.05. The van der Waals surface area contributed by atoms with E-state index in [1.54, 1.807) is 18.1 Å². The minimum Gasteiger partial charge on any atom is -0.358 e. The standard InChI is InChI=1S/C14H12ClN3S2/c15-12-8-17-14-11(12)2-1-3-13(14)18-20-10-6-4-9(19-16)5-7-10/h1-8,17-18H,16H2. The number of nitrogens with one attached hydrogen (secondary N) is 2. The molecule has 0 fully saturated rings. The number of aromatic amines is 1. The molecule has 3 aromatic rings. The van der Waals surface area contributed by atoms with E-state index in [2.05, 4.69) is 9.71 Å². The molecular formula is C14H12ClN3S2. The molecule has 102 valence electrons. The Morgan fingerprint density at radius 2 is 1.80 bits per heavy atom. The van der Waals surface area contributed by atoms with E-state index in [4.69, 9.17) is 16.7 Å². The van der Waals surface area contributed by atoms with Crippen molar-refractivity contribution in [3.63, 3.8) is 0 Å². The van der Waals surface area contributed by atoms with E-state index in [1.807, 2.05) is 42.5 Å². The number of anilines is 1. The molecule has 2 aromatic carbocycles. The Balaban J connectivity index is 1.79. The summed E-state index contributed by atoms with van der Waals surface area (Å²) in [5.41, 5.74) is 2.02. The molecule has 0 atom stereocenters. The number of H-pyrrole nitrogens is 1. The smallest absolute Gasteiger partial charge is 0.0713 e. The fourth-order valence-corrected chi connectivity index (χ4v) is 3.08. The molecule has 0 saturated heterocycles. The Kier molecular flexibility index (Phi) is 4.12. The van der Waals surface area contributed by atoms with E-state index >= 15 is 0 Å². The monoisotopic (exact) mass is 321 g/mol. The molecule has 0 spiro atoms. The summed E-state index contributed by atoms with van der Waals surface area (Å²) in [5.74, 6) is 0. The third-order valence-corrected chi connectivity index (χ3v) is 4.59. The summed E-state index contributed by atoms with van der Waals surface area (Å²) in [6.07, 6.45) is 1.80. The highest BCUT2D eigenvalue weighted by Crippen LogP contribution is 2.31. The van der Waals surface area contributed by atoms with Crippen molar-refractivity contribution in [2.24, 2.45) is 5.14 Å². The average molecular weight is 322 g/mol. The number of rotatable bonds is 4. The first-order valence-electron chi connectivity index (χ1n) is 5.93. The Bertz CT molecular complexity index is 725. The van der Waals surface area contributed by atoms with Crippen LogP contribution in [0.3, 0.4) is 0 Å². The zero-order valence-electron chi connectivity index (χ0n) is 10.4. The van der Waals surface area contributed by atoms with Crippen molar-refractivity contribution in [1.29, 1.82) is 0 Å². The van der Waals surface area contributed by atoms with Crippen LogP contribution in [0, 0.1) is 0 Å². The molecule has 0 aliphatic rings. The zero-order chi connectivity index (χ0) is 13.9. The Morgan fingerprint density at radius 3 is 2.55 bits per heavy atom. The van der Waals surface area contributed by atoms with Gasteiger partial charge in [0.15, 0.2) is 0 Å². The molecule has 0 saturated carbocycles. The number of aromatic nitrogens is 1. The topological polar surface area (TPSA) is 53.8 Å². The lowest BCUT2D eigenvalue weighted by Gasteiger charge is -2.07. The van der Waals surface area contributed by atoms with Gasteiger partial charge in [-0.3, -0.25) is 5.14 Å². The third kappa shape index (κ3) is 2.76. The first-order valence-corrected chi connectivity index (χ1v) is 8.00. The van der Waals surface area contributed by atoms with Gasteiger partial charge in [0.05, 0.1) is 16.2 Å². The van der Waals surface area contributed by atoms with Gasteiger partial charge < -0.3 is 9.71 Å². The van der Waals surface area contributed by atoms with Crippen molar-refractivity contribution in [2.75, 3.05) is 4.72 Å². The largest absolute Gasteiger partial charge is 0.358 e. The molecule has 1 aromatic heterocycles. The molecule has 20 heavy (non-hydrogen) atoms. The van der Waals surface area contributed by atoms with Crippen LogP contribution in [0.5, 0.6) is 0 Å². The van der Waals surface area contributed by atoms with Gasteiger partial charge in [-0.15, -0.1) is 0 Å². The molecule has 0 amide bonds. The van der Waals surface area contributed by atoms with E-state index in [0.29, 0.717) is 0 Å². The van der Waals surface area contributed by atoms with E-state index in [-0.39, 0.29) is 0 Å². The molecule has 3 rings (SSSR count). The van der Waals surface area contributed by atoms with Gasteiger partial charge in [0.25, 0.3) is 0 Å². The minimum absolute atomic E-state index is 0.734. The summed E-state index contributed by atoms with van der Waals surface area (Å²) >= 11 is 8.92. The van der Waals surface area contributed by atoms with Gasteiger partial charge in [-0.2, -0.15) is 0 Å². The quantitative estimate of drug-likeness (QED) is 0.598. The third-order valence-electron chi connectivity index (χ3n) is 2.90. The molecule has 6 heteroatoms. The van der Waals surface area contributed by atoms with E-state index in [0.717, 1.165) is 31.4 Å². The summed E-state index contributed by atoms with van der Waals surface area (Å²) in [6.45, 7) is 0. The van der Waals surface area contributed by atoms with Crippen LogP contribution in [-0.2, 0) is 0 Å². The SMILES string of the molecule is NSc1ccc(SNc2cccc3c(Cl)c[nH]c23)cc1. The van der Waals surface area contributed by atoms with Crippen molar-refractivity contribution in [1.82, 2.24) is 4.98 Å². The summed E-state index contributed by atoms with van der Waals surface area (Å²) in [5, 5.41) is 7.26. The number of benzene rings is 2. The maximum absolute atomic E-state index is 6.12. The van der Waals surface area contributed by atoms with Crippen LogP contribution in [0.15, 0.2) is 58.5 Å². The van der Waals surface area contributed by atoms with E-state index in [1.165, 1.54) is 11.9 Å². The van der Waals surface area contributed by atoms with Crippen LogP contribution in [0.1, 0.15) is 0 Å². The number of fused-ring (bicyclic) bond motifs is 1. The first kappa shape index (κ1) is 13.7. The maximum Gasteiger partial charge on any atom is 0.0713 e. The summed E-state index contributed by atoms with van der Waals surface area (Å²) in [7, 11) is 0. The highest BCUT2D eigenvalue weighted by molar-refractivity contribution is 8.00. The summed E-state index contributed by atoms with van der Waals surface area (Å²) in [4.78, 5) is 5.35. The molecule has 0 aliphatic carbocycles. The van der Waals surface area contributed by atoms with Crippen molar-refractivity contribution in [3.05, 3.63) is 53.7 Å². The van der Waals surface area contributed by atoms with Gasteiger partial charge >= 0.3 is 0 Å². The highest BCUT2D eigenvalue weighted by atomic mass is 35.5. The molecule has 0 unspecified atom stereocenters. The molecule has 1 heterocycles. The lowest BCUT2D eigenvalue weighted by molar-refractivity contribution is 1.35. The van der Waals surface area contributed by atoms with E-state index < -0.39 is 0 Å². The normalized spacial score (nSPS) is 10.9. The average Bonchev–Trinajstić information content (AvgIpc) is 2.88. The van der Waals surface area contributed by atoms with Gasteiger partial charge in [-0.25, -0.2) is 0 Å².